The van der Waals surface area contributed by atoms with E-state index in [1.165, 1.54) is 12.3 Å². The number of hydrogen-bond acceptors (Lipinski definition) is 4. The van der Waals surface area contributed by atoms with E-state index < -0.39 is 0 Å². The molecule has 0 radical (unpaired) electrons. The Morgan fingerprint density at radius 2 is 2.14 bits per heavy atom. The highest BCUT2D eigenvalue weighted by Gasteiger charge is 2.29. The number of rotatable bonds is 5. The summed E-state index contributed by atoms with van der Waals surface area (Å²) in [4.78, 5) is 10.6. The van der Waals surface area contributed by atoms with Crippen LogP contribution < -0.4 is 4.90 Å². The van der Waals surface area contributed by atoms with Gasteiger partial charge in [0.05, 0.1) is 12.4 Å². The molecule has 1 aromatic carbocycles. The van der Waals surface area contributed by atoms with Crippen LogP contribution >= 0.6 is 0 Å². The number of anilines is 1. The zero-order chi connectivity index (χ0) is 14.7. The van der Waals surface area contributed by atoms with Crippen LogP contribution in [-0.4, -0.2) is 22.6 Å². The van der Waals surface area contributed by atoms with Crippen molar-refractivity contribution in [2.75, 3.05) is 11.4 Å². The summed E-state index contributed by atoms with van der Waals surface area (Å²) in [5.41, 5.74) is 1.29. The molecule has 0 bridgehead atoms. The van der Waals surface area contributed by atoms with Gasteiger partial charge in [-0.3, -0.25) is 0 Å². The molecule has 3 rings (SSSR count). The molecule has 1 aromatic heterocycles. The fourth-order valence-electron chi connectivity index (χ4n) is 2.34. The van der Waals surface area contributed by atoms with Gasteiger partial charge in [0.1, 0.15) is 17.7 Å². The van der Waals surface area contributed by atoms with Crippen molar-refractivity contribution in [1.82, 2.24) is 9.97 Å². The van der Waals surface area contributed by atoms with Crippen molar-refractivity contribution in [3.05, 3.63) is 53.7 Å². The lowest BCUT2D eigenvalue weighted by atomic mass is 10.1. The van der Waals surface area contributed by atoms with Crippen LogP contribution in [0.15, 0.2) is 36.7 Å². The van der Waals surface area contributed by atoms with Gasteiger partial charge in [-0.2, -0.15) is 5.26 Å². The molecular formula is C16H15FN4. The van der Waals surface area contributed by atoms with Crippen molar-refractivity contribution >= 4 is 5.82 Å². The highest BCUT2D eigenvalue weighted by atomic mass is 19.1. The van der Waals surface area contributed by atoms with Gasteiger partial charge >= 0.3 is 0 Å². The summed E-state index contributed by atoms with van der Waals surface area (Å²) in [5.74, 6) is 0.580. The van der Waals surface area contributed by atoms with E-state index in [4.69, 9.17) is 5.26 Å². The SMILES string of the molecule is N#Cc1cnc(N(CCc2cccc(F)c2)C2CC2)cn1. The summed E-state index contributed by atoms with van der Waals surface area (Å²) < 4.78 is 13.2. The molecule has 4 nitrogen and oxygen atoms in total. The van der Waals surface area contributed by atoms with Gasteiger partial charge in [-0.25, -0.2) is 14.4 Å². The van der Waals surface area contributed by atoms with Gasteiger partial charge in [0, 0.05) is 12.6 Å². The number of aromatic nitrogens is 2. The van der Waals surface area contributed by atoms with Gasteiger partial charge in [-0.1, -0.05) is 12.1 Å². The number of halogens is 1. The highest BCUT2D eigenvalue weighted by molar-refractivity contribution is 5.40. The first-order valence-corrected chi connectivity index (χ1v) is 6.99. The molecule has 106 valence electrons. The molecule has 21 heavy (non-hydrogen) atoms. The smallest absolute Gasteiger partial charge is 0.158 e. The Hall–Kier alpha value is -2.48. The minimum absolute atomic E-state index is 0.205. The summed E-state index contributed by atoms with van der Waals surface area (Å²) >= 11 is 0. The average molecular weight is 282 g/mol. The molecule has 2 aromatic rings. The van der Waals surface area contributed by atoms with Gasteiger partial charge in [0.2, 0.25) is 0 Å². The van der Waals surface area contributed by atoms with Crippen molar-refractivity contribution in [3.63, 3.8) is 0 Å². The van der Waals surface area contributed by atoms with Gasteiger partial charge in [0.15, 0.2) is 5.69 Å². The van der Waals surface area contributed by atoms with Crippen LogP contribution in [0.5, 0.6) is 0 Å². The Bertz CT molecular complexity index is 659. The molecule has 0 aliphatic heterocycles. The quantitative estimate of drug-likeness (QED) is 0.846. The van der Waals surface area contributed by atoms with Crippen LogP contribution in [0.4, 0.5) is 10.2 Å². The van der Waals surface area contributed by atoms with Gasteiger partial charge < -0.3 is 4.90 Å². The average Bonchev–Trinajstić information content (AvgIpc) is 3.33. The lowest BCUT2D eigenvalue weighted by molar-refractivity contribution is 0.624. The molecule has 0 spiro atoms. The summed E-state index contributed by atoms with van der Waals surface area (Å²) in [7, 11) is 0. The largest absolute Gasteiger partial charge is 0.352 e. The first-order valence-electron chi connectivity index (χ1n) is 6.99. The Labute approximate surface area is 122 Å². The molecule has 1 aliphatic carbocycles. The Morgan fingerprint density at radius 3 is 2.76 bits per heavy atom. The van der Waals surface area contributed by atoms with Gasteiger partial charge in [-0.15, -0.1) is 0 Å². The lowest BCUT2D eigenvalue weighted by Gasteiger charge is -2.23. The van der Waals surface area contributed by atoms with Crippen LogP contribution in [0.1, 0.15) is 24.1 Å². The molecule has 0 amide bonds. The van der Waals surface area contributed by atoms with E-state index in [0.29, 0.717) is 11.7 Å². The zero-order valence-electron chi connectivity index (χ0n) is 11.5. The predicted octanol–water partition coefficient (Wildman–Crippen LogP) is 2.70. The molecule has 1 fully saturated rings. The molecule has 1 saturated carbocycles. The summed E-state index contributed by atoms with van der Waals surface area (Å²) in [5, 5.41) is 8.77. The van der Waals surface area contributed by atoms with Crippen LogP contribution in [-0.2, 0) is 6.42 Å². The monoisotopic (exact) mass is 282 g/mol. The maximum atomic E-state index is 13.2. The third-order valence-corrected chi connectivity index (χ3v) is 3.57. The van der Waals surface area contributed by atoms with Gasteiger partial charge in [0.25, 0.3) is 0 Å². The van der Waals surface area contributed by atoms with Crippen LogP contribution in [0.25, 0.3) is 0 Å². The maximum absolute atomic E-state index is 13.2. The molecule has 0 atom stereocenters. The predicted molar refractivity (Wildman–Crippen MR) is 77.2 cm³/mol. The second-order valence-electron chi connectivity index (χ2n) is 5.18. The van der Waals surface area contributed by atoms with Crippen LogP contribution in [0.3, 0.4) is 0 Å². The molecule has 5 heteroatoms. The van der Waals surface area contributed by atoms with E-state index in [-0.39, 0.29) is 5.82 Å². The molecular weight excluding hydrogens is 267 g/mol. The fraction of sp³-hybridized carbons (Fsp3) is 0.312. The first kappa shape index (κ1) is 13.5. The third-order valence-electron chi connectivity index (χ3n) is 3.57. The number of nitrogens with zero attached hydrogens (tertiary/aromatic N) is 4. The molecule has 1 aliphatic rings. The minimum Gasteiger partial charge on any atom is -0.352 e. The zero-order valence-corrected chi connectivity index (χ0v) is 11.5. The molecule has 0 N–H and O–H groups in total. The Kier molecular flexibility index (Phi) is 3.78. The van der Waals surface area contributed by atoms with Crippen molar-refractivity contribution in [3.8, 4) is 6.07 Å². The van der Waals surface area contributed by atoms with Crippen LogP contribution in [0, 0.1) is 17.1 Å². The van der Waals surface area contributed by atoms with Gasteiger partial charge in [-0.05, 0) is 37.0 Å². The van der Waals surface area contributed by atoms with E-state index in [0.717, 1.165) is 37.2 Å². The molecule has 0 unspecified atom stereocenters. The lowest BCUT2D eigenvalue weighted by Crippen LogP contribution is -2.29. The van der Waals surface area contributed by atoms with E-state index in [2.05, 4.69) is 14.9 Å². The van der Waals surface area contributed by atoms with E-state index >= 15 is 0 Å². The Morgan fingerprint density at radius 1 is 1.29 bits per heavy atom. The fourth-order valence-corrected chi connectivity index (χ4v) is 2.34. The van der Waals surface area contributed by atoms with Crippen LogP contribution in [0.2, 0.25) is 0 Å². The maximum Gasteiger partial charge on any atom is 0.158 e. The first-order chi connectivity index (χ1) is 10.3. The van der Waals surface area contributed by atoms with Crippen molar-refractivity contribution < 1.29 is 4.39 Å². The second kappa shape index (κ2) is 5.88. The topological polar surface area (TPSA) is 52.8 Å². The number of nitriles is 1. The number of benzene rings is 1. The Balaban J connectivity index is 1.71. The summed E-state index contributed by atoms with van der Waals surface area (Å²) in [6.07, 6.45) is 6.18. The molecule has 0 saturated heterocycles. The normalized spacial score (nSPS) is 13.7. The molecule has 1 heterocycles. The van der Waals surface area contributed by atoms with Crippen molar-refractivity contribution in [2.45, 2.75) is 25.3 Å². The standard InChI is InChI=1S/C16H15FN4/c17-13-3-1-2-12(8-13)6-7-21(15-4-5-15)16-11-19-14(9-18)10-20-16/h1-3,8,10-11,15H,4-7H2. The highest BCUT2D eigenvalue weighted by Crippen LogP contribution is 2.30. The van der Waals surface area contributed by atoms with Crippen molar-refractivity contribution in [1.29, 1.82) is 5.26 Å². The van der Waals surface area contributed by atoms with E-state index in [9.17, 15) is 4.39 Å². The van der Waals surface area contributed by atoms with Crippen molar-refractivity contribution in [2.24, 2.45) is 0 Å². The second-order valence-corrected chi connectivity index (χ2v) is 5.18. The summed E-state index contributed by atoms with van der Waals surface area (Å²) in [6, 6.07) is 9.13. The van der Waals surface area contributed by atoms with E-state index in [1.54, 1.807) is 18.3 Å². The third kappa shape index (κ3) is 3.34. The van der Waals surface area contributed by atoms with E-state index in [1.807, 2.05) is 12.1 Å². The minimum atomic E-state index is -0.205. The summed E-state index contributed by atoms with van der Waals surface area (Å²) in [6.45, 7) is 0.773. The number of hydrogen-bond donors (Lipinski definition) is 0.